The molecule has 0 saturated carbocycles. The maximum absolute atomic E-state index is 13.9. The number of carbonyl (C=O) groups is 2. The lowest BCUT2D eigenvalue weighted by atomic mass is 9.82. The number of carbonyl (C=O) groups excluding carboxylic acids is 2. The molecule has 3 aromatic rings. The lowest BCUT2D eigenvalue weighted by Gasteiger charge is -2.44. The Kier molecular flexibility index (Phi) is 5.77. The Labute approximate surface area is 201 Å². The zero-order valence-corrected chi connectivity index (χ0v) is 19.9. The molecule has 1 aliphatic heterocycles. The largest absolute Gasteiger partial charge is 0.297 e. The summed E-state index contributed by atoms with van der Waals surface area (Å²) >= 11 is 3.51. The van der Waals surface area contributed by atoms with Crippen molar-refractivity contribution in [1.29, 1.82) is 0 Å². The number of hydrogen-bond acceptors (Lipinski definition) is 4. The lowest BCUT2D eigenvalue weighted by molar-refractivity contribution is 0.0278. The van der Waals surface area contributed by atoms with Gasteiger partial charge < -0.3 is 0 Å². The molecule has 1 heterocycles. The highest BCUT2D eigenvalue weighted by Crippen LogP contribution is 2.43. The number of aryl methyl sites for hydroxylation is 1. The number of hydrogen-bond donors (Lipinski definition) is 0. The Morgan fingerprint density at radius 2 is 1.55 bits per heavy atom. The van der Waals surface area contributed by atoms with Crippen molar-refractivity contribution in [1.82, 2.24) is 9.80 Å². The summed E-state index contributed by atoms with van der Waals surface area (Å²) in [5.74, 6) is -0.547. The molecule has 33 heavy (non-hydrogen) atoms. The van der Waals surface area contributed by atoms with E-state index in [2.05, 4.69) is 20.8 Å². The van der Waals surface area contributed by atoms with E-state index in [0.29, 0.717) is 49.4 Å². The number of nitrogens with zero attached hydrogens (tertiary/aromatic N) is 2. The third-order valence-corrected chi connectivity index (χ3v) is 7.36. The molecule has 0 N–H and O–H groups in total. The van der Waals surface area contributed by atoms with Gasteiger partial charge in [0.25, 0.3) is 0 Å². The van der Waals surface area contributed by atoms with Crippen LogP contribution in [0.1, 0.15) is 37.4 Å². The average molecular weight is 507 g/mol. The van der Waals surface area contributed by atoms with Crippen LogP contribution in [0.25, 0.3) is 0 Å². The monoisotopic (exact) mass is 506 g/mol. The maximum atomic E-state index is 13.9. The highest BCUT2D eigenvalue weighted by atomic mass is 79.9. The summed E-state index contributed by atoms with van der Waals surface area (Å²) in [6.07, 6.45) is 0. The molecule has 2 aliphatic rings. The standard InChI is InChI=1S/C27H24BrFN2O2/c1-18-9-10-22(29)15-19(18)17-30-11-13-31(14-12-30)27(20-5-4-6-21(28)16-20)25(32)23-7-2-3-8-24(23)26(27)33/h2-10,15-16H,11-14,17H2,1H3. The minimum absolute atomic E-state index is 0.157. The van der Waals surface area contributed by atoms with Crippen LogP contribution in [-0.2, 0) is 12.1 Å². The summed E-state index contributed by atoms with van der Waals surface area (Å²) in [5.41, 5.74) is 2.33. The summed E-state index contributed by atoms with van der Waals surface area (Å²) in [6.45, 7) is 5.12. The minimum Gasteiger partial charge on any atom is -0.297 e. The molecule has 168 valence electrons. The van der Waals surface area contributed by atoms with Crippen LogP contribution >= 0.6 is 15.9 Å². The van der Waals surface area contributed by atoms with Crippen molar-refractivity contribution >= 4 is 27.5 Å². The number of rotatable bonds is 4. The highest BCUT2D eigenvalue weighted by molar-refractivity contribution is 9.10. The molecular formula is C27H24BrFN2O2. The summed E-state index contributed by atoms with van der Waals surface area (Å²) in [7, 11) is 0. The van der Waals surface area contributed by atoms with Crippen LogP contribution in [0.2, 0.25) is 0 Å². The second-order valence-corrected chi connectivity index (χ2v) is 9.67. The minimum atomic E-state index is -1.35. The molecule has 0 bridgehead atoms. The van der Waals surface area contributed by atoms with Gasteiger partial charge in [0, 0.05) is 48.3 Å². The van der Waals surface area contributed by atoms with Gasteiger partial charge in [0.2, 0.25) is 0 Å². The fraction of sp³-hybridized carbons (Fsp3) is 0.259. The molecular weight excluding hydrogens is 483 g/mol. The van der Waals surface area contributed by atoms with E-state index in [9.17, 15) is 14.0 Å². The molecule has 0 amide bonds. The van der Waals surface area contributed by atoms with Gasteiger partial charge in [0.1, 0.15) is 5.82 Å². The first-order valence-corrected chi connectivity index (χ1v) is 11.9. The van der Waals surface area contributed by atoms with Crippen LogP contribution in [0.15, 0.2) is 71.2 Å². The number of fused-ring (bicyclic) bond motifs is 1. The van der Waals surface area contributed by atoms with Gasteiger partial charge in [-0.05, 0) is 47.9 Å². The lowest BCUT2D eigenvalue weighted by Crippen LogP contribution is -2.60. The van der Waals surface area contributed by atoms with Crippen LogP contribution in [0, 0.1) is 12.7 Å². The Morgan fingerprint density at radius 3 is 2.18 bits per heavy atom. The van der Waals surface area contributed by atoms with Crippen LogP contribution in [-0.4, -0.2) is 47.5 Å². The SMILES string of the molecule is Cc1ccc(F)cc1CN1CCN(C2(c3cccc(Br)c3)C(=O)c3ccccc3C2=O)CC1. The second-order valence-electron chi connectivity index (χ2n) is 8.76. The van der Waals surface area contributed by atoms with Crippen LogP contribution in [0.5, 0.6) is 0 Å². The first kappa shape index (κ1) is 22.1. The van der Waals surface area contributed by atoms with E-state index < -0.39 is 5.54 Å². The van der Waals surface area contributed by atoms with Gasteiger partial charge in [-0.2, -0.15) is 0 Å². The third-order valence-electron chi connectivity index (χ3n) is 6.87. The summed E-state index contributed by atoms with van der Waals surface area (Å²) in [4.78, 5) is 32.0. The van der Waals surface area contributed by atoms with Gasteiger partial charge in [0.05, 0.1) is 0 Å². The van der Waals surface area contributed by atoms with E-state index in [4.69, 9.17) is 0 Å². The van der Waals surface area contributed by atoms with Crippen LogP contribution < -0.4 is 0 Å². The van der Waals surface area contributed by atoms with Crippen molar-refractivity contribution in [3.63, 3.8) is 0 Å². The van der Waals surface area contributed by atoms with Crippen molar-refractivity contribution in [3.05, 3.63) is 105 Å². The second kappa shape index (κ2) is 8.60. The first-order valence-electron chi connectivity index (χ1n) is 11.1. The van der Waals surface area contributed by atoms with E-state index in [-0.39, 0.29) is 17.4 Å². The number of benzene rings is 3. The Morgan fingerprint density at radius 1 is 0.879 bits per heavy atom. The topological polar surface area (TPSA) is 40.6 Å². The first-order chi connectivity index (χ1) is 15.9. The third kappa shape index (κ3) is 3.66. The van der Waals surface area contributed by atoms with Gasteiger partial charge in [-0.3, -0.25) is 19.4 Å². The molecule has 0 radical (unpaired) electrons. The summed E-state index contributed by atoms with van der Waals surface area (Å²) in [6, 6.07) is 19.5. The predicted octanol–water partition coefficient (Wildman–Crippen LogP) is 4.99. The van der Waals surface area contributed by atoms with E-state index in [0.717, 1.165) is 15.6 Å². The molecule has 1 fully saturated rings. The fourth-order valence-electron chi connectivity index (χ4n) is 5.11. The number of Topliss-reactive ketones (excluding diaryl/α,β-unsaturated/α-hetero) is 2. The highest BCUT2D eigenvalue weighted by Gasteiger charge is 2.58. The molecule has 5 rings (SSSR count). The molecule has 1 aliphatic carbocycles. The normalized spacial score (nSPS) is 18.5. The summed E-state index contributed by atoms with van der Waals surface area (Å²) < 4.78 is 14.6. The molecule has 3 aromatic carbocycles. The fourth-order valence-corrected chi connectivity index (χ4v) is 5.51. The van der Waals surface area contributed by atoms with Gasteiger partial charge in [-0.15, -0.1) is 0 Å². The summed E-state index contributed by atoms with van der Waals surface area (Å²) in [5, 5.41) is 0. The van der Waals surface area contributed by atoms with E-state index in [1.807, 2.05) is 36.1 Å². The molecule has 4 nitrogen and oxygen atoms in total. The average Bonchev–Trinajstić information content (AvgIpc) is 3.05. The number of ketones is 2. The Balaban J connectivity index is 1.47. The maximum Gasteiger partial charge on any atom is 0.196 e. The van der Waals surface area contributed by atoms with E-state index >= 15 is 0 Å². The van der Waals surface area contributed by atoms with Crippen molar-refractivity contribution in [2.75, 3.05) is 26.2 Å². The van der Waals surface area contributed by atoms with E-state index in [1.54, 1.807) is 36.4 Å². The number of halogens is 2. The predicted molar refractivity (Wildman–Crippen MR) is 129 cm³/mol. The molecule has 0 spiro atoms. The Bertz CT molecular complexity index is 1220. The smallest absolute Gasteiger partial charge is 0.196 e. The quantitative estimate of drug-likeness (QED) is 0.467. The van der Waals surface area contributed by atoms with E-state index in [1.165, 1.54) is 6.07 Å². The van der Waals surface area contributed by atoms with Crippen molar-refractivity contribution in [3.8, 4) is 0 Å². The van der Waals surface area contributed by atoms with Gasteiger partial charge >= 0.3 is 0 Å². The van der Waals surface area contributed by atoms with Crippen LogP contribution in [0.3, 0.4) is 0 Å². The van der Waals surface area contributed by atoms with Crippen molar-refractivity contribution in [2.24, 2.45) is 0 Å². The van der Waals surface area contributed by atoms with Gasteiger partial charge in [-0.25, -0.2) is 4.39 Å². The van der Waals surface area contributed by atoms with Crippen molar-refractivity contribution < 1.29 is 14.0 Å². The zero-order valence-electron chi connectivity index (χ0n) is 18.4. The van der Waals surface area contributed by atoms with Gasteiger partial charge in [-0.1, -0.05) is 58.4 Å². The molecule has 0 aromatic heterocycles. The Hall–Kier alpha value is -2.67. The molecule has 0 atom stereocenters. The zero-order chi connectivity index (χ0) is 23.2. The molecule has 6 heteroatoms. The number of piperazine rings is 1. The molecule has 1 saturated heterocycles. The van der Waals surface area contributed by atoms with Crippen LogP contribution in [0.4, 0.5) is 4.39 Å². The van der Waals surface area contributed by atoms with Crippen molar-refractivity contribution in [2.45, 2.75) is 19.0 Å². The molecule has 0 unspecified atom stereocenters. The van der Waals surface area contributed by atoms with Gasteiger partial charge in [0.15, 0.2) is 17.1 Å².